The van der Waals surface area contributed by atoms with E-state index in [9.17, 15) is 9.59 Å². The van der Waals surface area contributed by atoms with Crippen molar-refractivity contribution in [1.82, 2.24) is 4.57 Å². The van der Waals surface area contributed by atoms with E-state index in [0.717, 1.165) is 0 Å². The number of benzene rings is 1. The molecule has 5 nitrogen and oxygen atoms in total. The summed E-state index contributed by atoms with van der Waals surface area (Å²) in [6.07, 6.45) is 0.759. The Morgan fingerprint density at radius 3 is 2.41 bits per heavy atom. The Labute approximate surface area is 137 Å². The second-order valence-corrected chi connectivity index (χ2v) is 5.57. The van der Waals surface area contributed by atoms with E-state index in [4.69, 9.17) is 27.9 Å². The molecule has 0 bridgehead atoms. The van der Waals surface area contributed by atoms with Crippen molar-refractivity contribution in [2.24, 2.45) is 7.05 Å². The molecule has 0 aliphatic heterocycles. The predicted molar refractivity (Wildman–Crippen MR) is 85.4 cm³/mol. The van der Waals surface area contributed by atoms with E-state index in [1.54, 1.807) is 48.1 Å². The Morgan fingerprint density at radius 2 is 1.86 bits per heavy atom. The first-order chi connectivity index (χ1) is 10.4. The van der Waals surface area contributed by atoms with Gasteiger partial charge in [0.1, 0.15) is 5.69 Å². The summed E-state index contributed by atoms with van der Waals surface area (Å²) in [5, 5.41) is 3.40. The average molecular weight is 341 g/mol. The lowest BCUT2D eigenvalue weighted by Gasteiger charge is -2.14. The zero-order chi connectivity index (χ0) is 16.3. The first-order valence-corrected chi connectivity index (χ1v) is 7.21. The van der Waals surface area contributed by atoms with Crippen LogP contribution < -0.4 is 5.32 Å². The van der Waals surface area contributed by atoms with Crippen molar-refractivity contribution in [3.63, 3.8) is 0 Å². The van der Waals surface area contributed by atoms with Crippen molar-refractivity contribution < 1.29 is 14.3 Å². The summed E-state index contributed by atoms with van der Waals surface area (Å²) in [6.45, 7) is 1.49. The van der Waals surface area contributed by atoms with Gasteiger partial charge in [-0.2, -0.15) is 0 Å². The highest BCUT2D eigenvalue weighted by molar-refractivity contribution is 6.35. The molecule has 2 aromatic rings. The number of carbonyl (C=O) groups excluding carboxylic acids is 2. The van der Waals surface area contributed by atoms with Gasteiger partial charge in [-0.15, -0.1) is 0 Å². The number of nitrogens with zero attached hydrogens (tertiary/aromatic N) is 1. The van der Waals surface area contributed by atoms with E-state index in [1.807, 2.05) is 0 Å². The van der Waals surface area contributed by atoms with Crippen LogP contribution in [0.2, 0.25) is 10.0 Å². The number of aryl methyl sites for hydroxylation is 1. The Kier molecular flexibility index (Phi) is 5.11. The molecule has 0 saturated carbocycles. The molecule has 1 amide bonds. The fraction of sp³-hybridized carbons (Fsp3) is 0.200. The minimum Gasteiger partial charge on any atom is -0.448 e. The molecule has 0 aliphatic rings. The third-order valence-electron chi connectivity index (χ3n) is 2.94. The van der Waals surface area contributed by atoms with Crippen LogP contribution in [-0.4, -0.2) is 22.5 Å². The molecule has 0 spiro atoms. The summed E-state index contributed by atoms with van der Waals surface area (Å²) in [6, 6.07) is 7.99. The average Bonchev–Trinajstić information content (AvgIpc) is 2.83. The predicted octanol–water partition coefficient (Wildman–Crippen LogP) is 3.52. The zero-order valence-corrected chi connectivity index (χ0v) is 13.5. The third-order valence-corrected chi connectivity index (χ3v) is 3.37. The summed E-state index contributed by atoms with van der Waals surface area (Å²) in [7, 11) is 1.72. The summed E-state index contributed by atoms with van der Waals surface area (Å²) in [4.78, 5) is 24.0. The summed E-state index contributed by atoms with van der Waals surface area (Å²) >= 11 is 11.7. The van der Waals surface area contributed by atoms with Crippen LogP contribution in [0.15, 0.2) is 36.5 Å². The monoisotopic (exact) mass is 340 g/mol. The number of hydrogen-bond acceptors (Lipinski definition) is 3. The van der Waals surface area contributed by atoms with Gasteiger partial charge in [-0.25, -0.2) is 4.79 Å². The van der Waals surface area contributed by atoms with Crippen LogP contribution in [0.1, 0.15) is 17.4 Å². The molecule has 1 aromatic carbocycles. The molecule has 0 unspecified atom stereocenters. The number of rotatable bonds is 4. The minimum atomic E-state index is -0.958. The molecule has 22 heavy (non-hydrogen) atoms. The second-order valence-electron chi connectivity index (χ2n) is 4.70. The van der Waals surface area contributed by atoms with Gasteiger partial charge in [-0.1, -0.05) is 23.2 Å². The van der Waals surface area contributed by atoms with Crippen molar-refractivity contribution in [2.45, 2.75) is 13.0 Å². The van der Waals surface area contributed by atoms with Gasteiger partial charge in [0, 0.05) is 29.0 Å². The molecule has 1 atom stereocenters. The number of hydrogen-bond donors (Lipinski definition) is 1. The van der Waals surface area contributed by atoms with Crippen LogP contribution in [0.3, 0.4) is 0 Å². The molecule has 116 valence electrons. The quantitative estimate of drug-likeness (QED) is 0.866. The molecule has 0 fully saturated rings. The number of nitrogens with one attached hydrogen (secondary N) is 1. The number of anilines is 1. The number of esters is 1. The maximum Gasteiger partial charge on any atom is 0.355 e. The summed E-state index contributed by atoms with van der Waals surface area (Å²) < 4.78 is 6.75. The Hall–Kier alpha value is -1.98. The van der Waals surface area contributed by atoms with Crippen LogP contribution in [0.5, 0.6) is 0 Å². The van der Waals surface area contributed by atoms with Crippen molar-refractivity contribution >= 4 is 40.8 Å². The number of ether oxygens (including phenoxy) is 1. The first kappa shape index (κ1) is 16.4. The highest BCUT2D eigenvalue weighted by Gasteiger charge is 2.20. The minimum absolute atomic E-state index is 0.366. The summed E-state index contributed by atoms with van der Waals surface area (Å²) in [5.74, 6) is -1.04. The van der Waals surface area contributed by atoms with Crippen molar-refractivity contribution in [3.05, 3.63) is 52.3 Å². The summed E-state index contributed by atoms with van der Waals surface area (Å²) in [5.41, 5.74) is 0.801. The molecular weight excluding hydrogens is 327 g/mol. The number of amides is 1. The molecule has 1 N–H and O–H groups in total. The highest BCUT2D eigenvalue weighted by atomic mass is 35.5. The lowest BCUT2D eigenvalue weighted by Crippen LogP contribution is -2.30. The molecule has 2 rings (SSSR count). The molecule has 7 heteroatoms. The molecule has 0 radical (unpaired) electrons. The maximum absolute atomic E-state index is 12.0. The lowest BCUT2D eigenvalue weighted by atomic mass is 10.3. The third kappa shape index (κ3) is 4.02. The number of aromatic nitrogens is 1. The molecule has 1 aromatic heterocycles. The normalized spacial score (nSPS) is 11.8. The fourth-order valence-corrected chi connectivity index (χ4v) is 2.34. The lowest BCUT2D eigenvalue weighted by molar-refractivity contribution is -0.123. The van der Waals surface area contributed by atoms with Gasteiger partial charge in [0.15, 0.2) is 6.10 Å². The first-order valence-electron chi connectivity index (χ1n) is 6.46. The van der Waals surface area contributed by atoms with Crippen LogP contribution >= 0.6 is 23.2 Å². The van der Waals surface area contributed by atoms with Gasteiger partial charge in [0.25, 0.3) is 5.91 Å². The van der Waals surface area contributed by atoms with Crippen LogP contribution in [0.4, 0.5) is 5.69 Å². The largest absolute Gasteiger partial charge is 0.448 e. The molecule has 1 heterocycles. The van der Waals surface area contributed by atoms with Gasteiger partial charge in [-0.3, -0.25) is 4.79 Å². The van der Waals surface area contributed by atoms with Gasteiger partial charge >= 0.3 is 5.97 Å². The smallest absolute Gasteiger partial charge is 0.355 e. The topological polar surface area (TPSA) is 60.3 Å². The molecule has 0 aliphatic carbocycles. The SMILES string of the molecule is C[C@H](OC(=O)c1cccn1C)C(=O)Nc1cc(Cl)cc(Cl)c1. The van der Waals surface area contributed by atoms with E-state index >= 15 is 0 Å². The fourth-order valence-electron chi connectivity index (χ4n) is 1.82. The van der Waals surface area contributed by atoms with Gasteiger partial charge < -0.3 is 14.6 Å². The van der Waals surface area contributed by atoms with Gasteiger partial charge in [-0.05, 0) is 37.3 Å². The van der Waals surface area contributed by atoms with Crippen molar-refractivity contribution in [3.8, 4) is 0 Å². The van der Waals surface area contributed by atoms with Crippen LogP contribution in [0, 0.1) is 0 Å². The Morgan fingerprint density at radius 1 is 1.23 bits per heavy atom. The standard InChI is InChI=1S/C15H14Cl2N2O3/c1-9(22-15(21)13-4-3-5-19(13)2)14(20)18-12-7-10(16)6-11(17)8-12/h3-9H,1-2H3,(H,18,20)/t9-/m0/s1. The molecule has 0 saturated heterocycles. The number of halogens is 2. The van der Waals surface area contributed by atoms with Crippen LogP contribution in [0.25, 0.3) is 0 Å². The van der Waals surface area contributed by atoms with Crippen molar-refractivity contribution in [1.29, 1.82) is 0 Å². The van der Waals surface area contributed by atoms with Crippen LogP contribution in [-0.2, 0) is 16.6 Å². The maximum atomic E-state index is 12.0. The molecular formula is C15H14Cl2N2O3. The van der Waals surface area contributed by atoms with E-state index in [-0.39, 0.29) is 0 Å². The Balaban J connectivity index is 2.00. The van der Waals surface area contributed by atoms with E-state index < -0.39 is 18.0 Å². The second kappa shape index (κ2) is 6.85. The van der Waals surface area contributed by atoms with Gasteiger partial charge in [0.2, 0.25) is 0 Å². The Bertz CT molecular complexity index is 692. The van der Waals surface area contributed by atoms with Crippen molar-refractivity contribution in [2.75, 3.05) is 5.32 Å². The zero-order valence-electron chi connectivity index (χ0n) is 12.0. The highest BCUT2D eigenvalue weighted by Crippen LogP contribution is 2.22. The van der Waals surface area contributed by atoms with Gasteiger partial charge in [0.05, 0.1) is 0 Å². The number of carbonyl (C=O) groups is 2. The van der Waals surface area contributed by atoms with E-state index in [1.165, 1.54) is 6.92 Å². The van der Waals surface area contributed by atoms with E-state index in [0.29, 0.717) is 21.4 Å². The van der Waals surface area contributed by atoms with E-state index in [2.05, 4.69) is 5.32 Å².